The van der Waals surface area contributed by atoms with Crippen LogP contribution in [-0.2, 0) is 16.2 Å². The van der Waals surface area contributed by atoms with Crippen molar-refractivity contribution in [2.75, 3.05) is 18.4 Å². The molecule has 0 aliphatic rings. The van der Waals surface area contributed by atoms with Crippen LogP contribution in [0, 0.1) is 0 Å². The fraction of sp³-hybridized carbons (Fsp3) is 0.333. The lowest BCUT2D eigenvalue weighted by Crippen LogP contribution is -2.31. The van der Waals surface area contributed by atoms with Gasteiger partial charge < -0.3 is 10.6 Å². The van der Waals surface area contributed by atoms with Gasteiger partial charge in [0.2, 0.25) is 10.0 Å². The van der Waals surface area contributed by atoms with Gasteiger partial charge in [-0.1, -0.05) is 11.6 Å². The minimum atomic E-state index is -4.57. The molecule has 0 radical (unpaired) electrons. The number of nitrogens with one attached hydrogen (secondary N) is 3. The van der Waals surface area contributed by atoms with Crippen molar-refractivity contribution in [3.05, 3.63) is 52.7 Å². The van der Waals surface area contributed by atoms with Crippen molar-refractivity contribution in [1.82, 2.24) is 15.0 Å². The molecule has 7 nitrogen and oxygen atoms in total. The molecule has 0 unspecified atom stereocenters. The van der Waals surface area contributed by atoms with Gasteiger partial charge in [0, 0.05) is 25.3 Å². The molecule has 0 spiro atoms. The number of benzene rings is 1. The second-order valence-corrected chi connectivity index (χ2v) is 8.62. The van der Waals surface area contributed by atoms with Crippen LogP contribution >= 0.6 is 11.6 Å². The van der Waals surface area contributed by atoms with E-state index in [-0.39, 0.29) is 40.4 Å². The van der Waals surface area contributed by atoms with E-state index in [2.05, 4.69) is 20.3 Å². The summed E-state index contributed by atoms with van der Waals surface area (Å²) in [7, 11) is -3.83. The van der Waals surface area contributed by atoms with Gasteiger partial charge in [0.25, 0.3) is 5.91 Å². The van der Waals surface area contributed by atoms with Gasteiger partial charge in [-0.05, 0) is 44.2 Å². The van der Waals surface area contributed by atoms with Crippen LogP contribution in [0.25, 0.3) is 0 Å². The number of amides is 1. The van der Waals surface area contributed by atoms with Crippen molar-refractivity contribution in [2.24, 2.45) is 0 Å². The standard InChI is InChI=1S/C18H20ClF3N4O3S/c1-11(2)26-30(28,29)12-5-6-15(19)13(10-12)17(27)25-9-8-24-16-14(18(20,21)22)4-3-7-23-16/h3-7,10-11,26H,8-9H2,1-2H3,(H,23,24)(H,25,27). The van der Waals surface area contributed by atoms with Crippen LogP contribution in [0.15, 0.2) is 41.4 Å². The Bertz CT molecular complexity index is 1010. The Morgan fingerprint density at radius 1 is 1.20 bits per heavy atom. The van der Waals surface area contributed by atoms with Gasteiger partial charge in [-0.2, -0.15) is 13.2 Å². The second kappa shape index (κ2) is 9.63. The molecule has 0 bridgehead atoms. The van der Waals surface area contributed by atoms with E-state index in [1.54, 1.807) is 13.8 Å². The van der Waals surface area contributed by atoms with Gasteiger partial charge in [-0.15, -0.1) is 0 Å². The lowest BCUT2D eigenvalue weighted by Gasteiger charge is -2.14. The molecule has 1 amide bonds. The van der Waals surface area contributed by atoms with Gasteiger partial charge in [0.05, 0.1) is 21.0 Å². The third kappa shape index (κ3) is 6.31. The maximum atomic E-state index is 12.9. The van der Waals surface area contributed by atoms with Crippen molar-refractivity contribution < 1.29 is 26.4 Å². The molecular weight excluding hydrogens is 445 g/mol. The number of nitrogens with zero attached hydrogens (tertiary/aromatic N) is 1. The van der Waals surface area contributed by atoms with Crippen LogP contribution in [0.3, 0.4) is 0 Å². The Labute approximate surface area is 177 Å². The summed E-state index contributed by atoms with van der Waals surface area (Å²) < 4.78 is 65.8. The largest absolute Gasteiger partial charge is 0.419 e. The Kier molecular flexibility index (Phi) is 7.67. The first-order valence-corrected chi connectivity index (χ1v) is 10.6. The number of alkyl halides is 3. The summed E-state index contributed by atoms with van der Waals surface area (Å²) in [6.07, 6.45) is -3.35. The second-order valence-electron chi connectivity index (χ2n) is 6.50. The van der Waals surface area contributed by atoms with Crippen molar-refractivity contribution in [3.8, 4) is 0 Å². The number of carbonyl (C=O) groups excluding carboxylic acids is 1. The zero-order valence-electron chi connectivity index (χ0n) is 16.0. The third-order valence-electron chi connectivity index (χ3n) is 3.70. The van der Waals surface area contributed by atoms with E-state index < -0.39 is 27.7 Å². The average molecular weight is 465 g/mol. The van der Waals surface area contributed by atoms with Crippen molar-refractivity contribution >= 4 is 33.3 Å². The molecule has 1 heterocycles. The molecule has 30 heavy (non-hydrogen) atoms. The normalized spacial score (nSPS) is 12.1. The summed E-state index contributed by atoms with van der Waals surface area (Å²) in [5.74, 6) is -1.02. The number of halogens is 4. The van der Waals surface area contributed by atoms with E-state index in [0.717, 1.165) is 12.1 Å². The molecule has 1 aromatic carbocycles. The van der Waals surface area contributed by atoms with E-state index in [1.807, 2.05) is 0 Å². The topological polar surface area (TPSA) is 100 Å². The Balaban J connectivity index is 2.04. The molecular formula is C18H20ClF3N4O3S. The lowest BCUT2D eigenvalue weighted by atomic mass is 10.2. The lowest BCUT2D eigenvalue weighted by molar-refractivity contribution is -0.137. The minimum absolute atomic E-state index is 0.0352. The third-order valence-corrected chi connectivity index (χ3v) is 5.69. The molecule has 2 rings (SSSR count). The summed E-state index contributed by atoms with van der Waals surface area (Å²) in [5.41, 5.74) is -0.993. The molecule has 12 heteroatoms. The average Bonchev–Trinajstić information content (AvgIpc) is 2.63. The maximum absolute atomic E-state index is 12.9. The Hall–Kier alpha value is -2.37. The van der Waals surface area contributed by atoms with E-state index in [4.69, 9.17) is 11.6 Å². The zero-order chi connectivity index (χ0) is 22.5. The number of hydrogen-bond donors (Lipinski definition) is 3. The highest BCUT2D eigenvalue weighted by Gasteiger charge is 2.33. The molecule has 0 saturated heterocycles. The first-order valence-electron chi connectivity index (χ1n) is 8.78. The molecule has 2 aromatic rings. The molecule has 0 aliphatic heterocycles. The predicted octanol–water partition coefficient (Wildman–Crippen LogP) is 3.28. The number of hydrogen-bond acceptors (Lipinski definition) is 5. The number of sulfonamides is 1. The highest BCUT2D eigenvalue weighted by Crippen LogP contribution is 2.33. The molecule has 3 N–H and O–H groups in total. The van der Waals surface area contributed by atoms with E-state index in [9.17, 15) is 26.4 Å². The number of anilines is 1. The van der Waals surface area contributed by atoms with Gasteiger partial charge in [0.1, 0.15) is 5.82 Å². The molecule has 0 atom stereocenters. The summed E-state index contributed by atoms with van der Waals surface area (Å²) in [6.45, 7) is 3.21. The quantitative estimate of drug-likeness (QED) is 0.520. The first-order chi connectivity index (χ1) is 13.9. The Morgan fingerprint density at radius 2 is 1.90 bits per heavy atom. The molecule has 164 valence electrons. The smallest absolute Gasteiger partial charge is 0.368 e. The van der Waals surface area contributed by atoms with Gasteiger partial charge in [-0.3, -0.25) is 4.79 Å². The summed E-state index contributed by atoms with van der Waals surface area (Å²) in [6, 6.07) is 5.41. The highest BCUT2D eigenvalue weighted by molar-refractivity contribution is 7.89. The van der Waals surface area contributed by atoms with E-state index in [0.29, 0.717) is 0 Å². The van der Waals surface area contributed by atoms with Crippen LogP contribution in [0.5, 0.6) is 0 Å². The predicted molar refractivity (Wildman–Crippen MR) is 107 cm³/mol. The number of carbonyl (C=O) groups is 1. The van der Waals surface area contributed by atoms with E-state index in [1.165, 1.54) is 24.4 Å². The first kappa shape index (κ1) is 23.9. The molecule has 0 fully saturated rings. The number of pyridine rings is 1. The van der Waals surface area contributed by atoms with Crippen LogP contribution in [-0.4, -0.2) is 38.4 Å². The number of aromatic nitrogens is 1. The van der Waals surface area contributed by atoms with Crippen molar-refractivity contribution in [2.45, 2.75) is 31.0 Å². The highest BCUT2D eigenvalue weighted by atomic mass is 35.5. The van der Waals surface area contributed by atoms with Gasteiger partial charge >= 0.3 is 6.18 Å². The van der Waals surface area contributed by atoms with E-state index >= 15 is 0 Å². The van der Waals surface area contributed by atoms with Crippen molar-refractivity contribution in [3.63, 3.8) is 0 Å². The van der Waals surface area contributed by atoms with Crippen LogP contribution in [0.4, 0.5) is 19.0 Å². The van der Waals surface area contributed by atoms with Crippen molar-refractivity contribution in [1.29, 1.82) is 0 Å². The molecule has 0 aliphatic carbocycles. The van der Waals surface area contributed by atoms with Crippen LogP contribution < -0.4 is 15.4 Å². The fourth-order valence-corrected chi connectivity index (χ4v) is 3.93. The molecule has 0 saturated carbocycles. The summed E-state index contributed by atoms with van der Waals surface area (Å²) >= 11 is 6.00. The van der Waals surface area contributed by atoms with Gasteiger partial charge in [0.15, 0.2) is 0 Å². The van der Waals surface area contributed by atoms with Gasteiger partial charge in [-0.25, -0.2) is 18.1 Å². The van der Waals surface area contributed by atoms with Crippen LogP contribution in [0.2, 0.25) is 5.02 Å². The van der Waals surface area contributed by atoms with Crippen LogP contribution in [0.1, 0.15) is 29.8 Å². The SMILES string of the molecule is CC(C)NS(=O)(=O)c1ccc(Cl)c(C(=O)NCCNc2ncccc2C(F)(F)F)c1. The Morgan fingerprint density at radius 3 is 2.53 bits per heavy atom. The maximum Gasteiger partial charge on any atom is 0.419 e. The number of rotatable bonds is 8. The monoisotopic (exact) mass is 464 g/mol. The minimum Gasteiger partial charge on any atom is -0.368 e. The fourth-order valence-electron chi connectivity index (χ4n) is 2.45. The zero-order valence-corrected chi connectivity index (χ0v) is 17.6. The molecule has 1 aromatic heterocycles. The summed E-state index contributed by atoms with van der Waals surface area (Å²) in [4.78, 5) is 15.9. The summed E-state index contributed by atoms with van der Waals surface area (Å²) in [5, 5.41) is 5.03.